The molecular formula is C20H26O3Si. The Morgan fingerprint density at radius 3 is 1.83 bits per heavy atom. The van der Waals surface area contributed by atoms with Crippen LogP contribution in [0, 0.1) is 5.92 Å². The summed E-state index contributed by atoms with van der Waals surface area (Å²) in [6.07, 6.45) is 0.562. The Hall–Kier alpha value is -1.91. The number of carbonyl (C=O) groups excluding carboxylic acids is 1. The zero-order valence-electron chi connectivity index (χ0n) is 14.8. The monoisotopic (exact) mass is 342 g/mol. The van der Waals surface area contributed by atoms with E-state index in [1.807, 2.05) is 67.6 Å². The van der Waals surface area contributed by atoms with Crippen LogP contribution in [0.1, 0.15) is 27.2 Å². The summed E-state index contributed by atoms with van der Waals surface area (Å²) in [6, 6.07) is 19.7. The molecule has 2 aromatic rings. The minimum Gasteiger partial charge on any atom is -0.469 e. The van der Waals surface area contributed by atoms with Crippen molar-refractivity contribution in [3.05, 3.63) is 60.7 Å². The summed E-state index contributed by atoms with van der Waals surface area (Å²) in [5, 5.41) is 1.47. The molecule has 0 bridgehead atoms. The smallest absolute Gasteiger partial charge is 0.308 e. The molecule has 0 saturated carbocycles. The molecule has 1 atom stereocenters. The molecule has 24 heavy (non-hydrogen) atoms. The Labute approximate surface area is 145 Å². The molecule has 1 N–H and O–H groups in total. The Bertz CT molecular complexity index is 628. The molecule has 0 aliphatic heterocycles. The minimum atomic E-state index is -3.06. The van der Waals surface area contributed by atoms with Gasteiger partial charge in [0.1, 0.15) is 0 Å². The molecule has 2 rings (SSSR count). The number of rotatable bonds is 6. The van der Waals surface area contributed by atoms with Gasteiger partial charge in [-0.1, -0.05) is 81.4 Å². The van der Waals surface area contributed by atoms with Gasteiger partial charge in [0.15, 0.2) is 0 Å². The highest BCUT2D eigenvalue weighted by atomic mass is 28.4. The van der Waals surface area contributed by atoms with Crippen molar-refractivity contribution in [1.82, 2.24) is 0 Å². The Balaban J connectivity index is 2.52. The summed E-state index contributed by atoms with van der Waals surface area (Å²) >= 11 is 0. The van der Waals surface area contributed by atoms with Crippen molar-refractivity contribution < 1.29 is 14.3 Å². The lowest BCUT2D eigenvalue weighted by Gasteiger charge is -2.42. The van der Waals surface area contributed by atoms with Gasteiger partial charge in [-0.15, -0.1) is 0 Å². The van der Waals surface area contributed by atoms with Crippen molar-refractivity contribution in [3.63, 3.8) is 0 Å². The summed E-state index contributed by atoms with van der Waals surface area (Å²) in [6.45, 7) is 5.97. The van der Waals surface area contributed by atoms with E-state index in [0.717, 1.165) is 10.4 Å². The fraction of sp³-hybridized carbons (Fsp3) is 0.350. The van der Waals surface area contributed by atoms with Crippen molar-refractivity contribution in [2.24, 2.45) is 5.92 Å². The van der Waals surface area contributed by atoms with E-state index in [0.29, 0.717) is 6.42 Å². The predicted molar refractivity (Wildman–Crippen MR) is 100.0 cm³/mol. The van der Waals surface area contributed by atoms with E-state index >= 15 is 0 Å². The Morgan fingerprint density at radius 1 is 1.04 bits per heavy atom. The second-order valence-electron chi connectivity index (χ2n) is 6.95. The van der Waals surface area contributed by atoms with Crippen LogP contribution in [-0.2, 0) is 9.53 Å². The van der Waals surface area contributed by atoms with Crippen LogP contribution in [0.3, 0.4) is 0 Å². The van der Waals surface area contributed by atoms with E-state index in [9.17, 15) is 9.59 Å². The van der Waals surface area contributed by atoms with Crippen LogP contribution in [0.15, 0.2) is 60.7 Å². The van der Waals surface area contributed by atoms with Gasteiger partial charge in [0.05, 0.1) is 13.0 Å². The van der Waals surface area contributed by atoms with Gasteiger partial charge in [-0.25, -0.2) is 0 Å². The normalized spacial score (nSPS) is 13.4. The van der Waals surface area contributed by atoms with Gasteiger partial charge >= 0.3 is 5.97 Å². The van der Waals surface area contributed by atoms with Gasteiger partial charge in [-0.2, -0.15) is 0 Å². The van der Waals surface area contributed by atoms with Crippen molar-refractivity contribution in [1.29, 1.82) is 0 Å². The van der Waals surface area contributed by atoms with Gasteiger partial charge in [0.25, 0.3) is 8.32 Å². The molecule has 0 aliphatic rings. The number of ether oxygens (including phenoxy) is 1. The quantitative estimate of drug-likeness (QED) is 0.648. The molecule has 0 aliphatic carbocycles. The molecule has 0 radical (unpaired) electrons. The number of hydrogen-bond acceptors (Lipinski definition) is 3. The Morgan fingerprint density at radius 2 is 1.46 bits per heavy atom. The van der Waals surface area contributed by atoms with Gasteiger partial charge in [0.2, 0.25) is 0 Å². The highest BCUT2D eigenvalue weighted by molar-refractivity contribution is 6.98. The lowest BCUT2D eigenvalue weighted by Crippen LogP contribution is -2.65. The van der Waals surface area contributed by atoms with Crippen molar-refractivity contribution >= 4 is 24.7 Å². The highest BCUT2D eigenvalue weighted by Gasteiger charge is 2.50. The molecule has 0 amide bonds. The standard InChI is InChI=1S/C20H26O3Si/c1-16(19(21)23-4)15-20(2,3)24(22,17-11-7-5-8-12-17)18-13-9-6-10-14-18/h5-14,16,22H,15H2,1-4H3/t16-/m0/s1. The maximum absolute atomic E-state index is 12.0. The first-order chi connectivity index (χ1) is 11.3. The zero-order chi connectivity index (χ0) is 17.8. The third-order valence-corrected chi connectivity index (χ3v) is 9.28. The summed E-state index contributed by atoms with van der Waals surface area (Å²) in [7, 11) is -1.65. The molecular weight excluding hydrogens is 316 g/mol. The van der Waals surface area contributed by atoms with E-state index < -0.39 is 13.4 Å². The number of carbonyl (C=O) groups is 1. The molecule has 0 aromatic heterocycles. The largest absolute Gasteiger partial charge is 0.469 e. The van der Waals surface area contributed by atoms with Gasteiger partial charge in [-0.3, -0.25) is 4.79 Å². The molecule has 0 spiro atoms. The number of hydrogen-bond donors (Lipinski definition) is 1. The average Bonchev–Trinajstić information content (AvgIpc) is 2.61. The molecule has 128 valence electrons. The summed E-state index contributed by atoms with van der Waals surface area (Å²) < 4.78 is 4.88. The van der Waals surface area contributed by atoms with E-state index in [4.69, 9.17) is 4.74 Å². The molecule has 0 heterocycles. The van der Waals surface area contributed by atoms with Gasteiger partial charge < -0.3 is 9.53 Å². The van der Waals surface area contributed by atoms with Crippen LogP contribution in [0.2, 0.25) is 5.04 Å². The molecule has 3 nitrogen and oxygen atoms in total. The Kier molecular flexibility index (Phi) is 5.62. The van der Waals surface area contributed by atoms with E-state index in [1.165, 1.54) is 7.11 Å². The highest BCUT2D eigenvalue weighted by Crippen LogP contribution is 2.41. The fourth-order valence-electron chi connectivity index (χ4n) is 3.50. The lowest BCUT2D eigenvalue weighted by atomic mass is 9.98. The van der Waals surface area contributed by atoms with Crippen LogP contribution >= 0.6 is 0 Å². The molecule has 0 fully saturated rings. The SMILES string of the molecule is COC(=O)[C@@H](C)CC(C)(C)[Si](O)(c1ccccc1)c1ccccc1. The third kappa shape index (κ3) is 3.45. The van der Waals surface area contributed by atoms with E-state index in [1.54, 1.807) is 0 Å². The predicted octanol–water partition coefficient (Wildman–Crippen LogP) is 2.72. The number of benzene rings is 2. The lowest BCUT2D eigenvalue weighted by molar-refractivity contribution is -0.145. The molecule has 2 aromatic carbocycles. The topological polar surface area (TPSA) is 46.5 Å². The van der Waals surface area contributed by atoms with Gasteiger partial charge in [0, 0.05) is 0 Å². The van der Waals surface area contributed by atoms with Crippen molar-refractivity contribution in [2.75, 3.05) is 7.11 Å². The van der Waals surface area contributed by atoms with E-state index in [-0.39, 0.29) is 11.9 Å². The van der Waals surface area contributed by atoms with Crippen molar-refractivity contribution in [3.8, 4) is 0 Å². The minimum absolute atomic E-state index is 0.236. The summed E-state index contributed by atoms with van der Waals surface area (Å²) in [5.41, 5.74) is 0. The first-order valence-corrected chi connectivity index (χ1v) is 10.2. The zero-order valence-corrected chi connectivity index (χ0v) is 15.8. The summed E-state index contributed by atoms with van der Waals surface area (Å²) in [5.74, 6) is -0.503. The van der Waals surface area contributed by atoms with Crippen LogP contribution in [-0.4, -0.2) is 26.2 Å². The fourth-order valence-corrected chi connectivity index (χ4v) is 7.35. The third-order valence-electron chi connectivity index (χ3n) is 4.78. The number of esters is 1. The summed E-state index contributed by atoms with van der Waals surface area (Å²) in [4.78, 5) is 23.9. The number of methoxy groups -OCH3 is 1. The van der Waals surface area contributed by atoms with Crippen LogP contribution < -0.4 is 10.4 Å². The molecule has 4 heteroatoms. The van der Waals surface area contributed by atoms with E-state index in [2.05, 4.69) is 13.8 Å². The van der Waals surface area contributed by atoms with Gasteiger partial charge in [-0.05, 0) is 21.8 Å². The second-order valence-corrected chi connectivity index (χ2v) is 10.9. The first-order valence-electron chi connectivity index (χ1n) is 8.24. The first kappa shape index (κ1) is 18.4. The van der Waals surface area contributed by atoms with Crippen LogP contribution in [0.5, 0.6) is 0 Å². The average molecular weight is 343 g/mol. The van der Waals surface area contributed by atoms with Crippen LogP contribution in [0.25, 0.3) is 0 Å². The maximum atomic E-state index is 12.0. The maximum Gasteiger partial charge on any atom is 0.308 e. The molecule has 0 unspecified atom stereocenters. The second kappa shape index (κ2) is 7.32. The molecule has 0 saturated heterocycles. The van der Waals surface area contributed by atoms with Crippen molar-refractivity contribution in [2.45, 2.75) is 32.2 Å². The van der Waals surface area contributed by atoms with Crippen LogP contribution in [0.4, 0.5) is 0 Å².